The van der Waals surface area contributed by atoms with Gasteiger partial charge in [-0.15, -0.1) is 0 Å². The molecule has 5 heteroatoms. The molecule has 4 nitrogen and oxygen atoms in total. The van der Waals surface area contributed by atoms with Gasteiger partial charge in [-0.05, 0) is 30.0 Å². The predicted molar refractivity (Wildman–Crippen MR) is 85.4 cm³/mol. The number of benzene rings is 1. The second-order valence-electron chi connectivity index (χ2n) is 6.00. The maximum Gasteiger partial charge on any atom is 0.414 e. The van der Waals surface area contributed by atoms with Crippen LogP contribution < -0.4 is 4.90 Å². The van der Waals surface area contributed by atoms with E-state index in [4.69, 9.17) is 4.74 Å². The molecule has 0 spiro atoms. The Kier molecular flexibility index (Phi) is 2.96. The van der Waals surface area contributed by atoms with Gasteiger partial charge >= 0.3 is 6.09 Å². The summed E-state index contributed by atoms with van der Waals surface area (Å²) in [5.41, 5.74) is 2.79. The van der Waals surface area contributed by atoms with E-state index < -0.39 is 0 Å². The summed E-state index contributed by atoms with van der Waals surface area (Å²) in [4.78, 5) is 15.8. The van der Waals surface area contributed by atoms with Gasteiger partial charge in [-0.25, -0.2) is 4.79 Å². The molecular weight excluding hydrogens is 367 g/mol. The van der Waals surface area contributed by atoms with E-state index in [1.165, 1.54) is 25.1 Å². The van der Waals surface area contributed by atoms with Crippen molar-refractivity contribution >= 4 is 34.4 Å². The number of amides is 1. The Morgan fingerprint density at radius 1 is 1.35 bits per heavy atom. The minimum absolute atomic E-state index is 0.225. The fourth-order valence-electron chi connectivity index (χ4n) is 3.73. The van der Waals surface area contributed by atoms with Gasteiger partial charge < -0.3 is 4.74 Å². The van der Waals surface area contributed by atoms with Gasteiger partial charge in [0.25, 0.3) is 0 Å². The van der Waals surface area contributed by atoms with E-state index in [-0.39, 0.29) is 6.09 Å². The number of ether oxygens (including phenoxy) is 1. The highest BCUT2D eigenvalue weighted by Gasteiger charge is 2.60. The first-order valence-corrected chi connectivity index (χ1v) is 8.59. The Labute approximate surface area is 132 Å². The van der Waals surface area contributed by atoms with Crippen molar-refractivity contribution in [2.45, 2.75) is 11.8 Å². The van der Waals surface area contributed by atoms with Crippen molar-refractivity contribution in [3.8, 4) is 0 Å². The first kappa shape index (κ1) is 12.9. The molecule has 1 saturated carbocycles. The number of hydrogen-bond acceptors (Lipinski definition) is 3. The van der Waals surface area contributed by atoms with Crippen LogP contribution in [0.3, 0.4) is 0 Å². The smallest absolute Gasteiger partial charge is 0.414 e. The van der Waals surface area contributed by atoms with Crippen LogP contribution >= 0.6 is 22.6 Å². The highest BCUT2D eigenvalue weighted by Crippen LogP contribution is 2.59. The summed E-state index contributed by atoms with van der Waals surface area (Å²) in [6, 6.07) is 8.55. The fourth-order valence-corrected chi connectivity index (χ4v) is 4.25. The van der Waals surface area contributed by atoms with Crippen LogP contribution in [0.1, 0.15) is 12.0 Å². The number of likely N-dealkylation sites (tertiary alicyclic amines) is 1. The number of piperidine rings is 1. The predicted octanol–water partition coefficient (Wildman–Crippen LogP) is 2.61. The van der Waals surface area contributed by atoms with Gasteiger partial charge in [-0.3, -0.25) is 9.80 Å². The van der Waals surface area contributed by atoms with Crippen molar-refractivity contribution in [3.63, 3.8) is 0 Å². The third-order valence-electron chi connectivity index (χ3n) is 4.90. The van der Waals surface area contributed by atoms with Crippen molar-refractivity contribution in [3.05, 3.63) is 29.8 Å². The summed E-state index contributed by atoms with van der Waals surface area (Å²) in [5, 5.41) is 0. The Balaban J connectivity index is 1.55. The molecule has 4 rings (SSSR count). The molecule has 1 amide bonds. The van der Waals surface area contributed by atoms with Crippen LogP contribution in [0.5, 0.6) is 0 Å². The number of cyclic esters (lactones) is 1. The molecule has 2 atom stereocenters. The minimum atomic E-state index is -0.225. The van der Waals surface area contributed by atoms with Crippen molar-refractivity contribution in [2.24, 2.45) is 5.92 Å². The van der Waals surface area contributed by atoms with Crippen LogP contribution in [-0.4, -0.2) is 41.8 Å². The maximum absolute atomic E-state index is 11.6. The second-order valence-corrected chi connectivity index (χ2v) is 6.68. The Hall–Kier alpha value is -0.820. The van der Waals surface area contributed by atoms with E-state index in [0.717, 1.165) is 16.2 Å². The molecule has 2 aliphatic heterocycles. The molecule has 1 aromatic rings. The van der Waals surface area contributed by atoms with Gasteiger partial charge in [0.05, 0.1) is 11.1 Å². The Morgan fingerprint density at radius 3 is 2.75 bits per heavy atom. The molecule has 1 aliphatic carbocycles. The van der Waals surface area contributed by atoms with E-state index in [9.17, 15) is 4.79 Å². The second kappa shape index (κ2) is 4.59. The summed E-state index contributed by atoms with van der Waals surface area (Å²) in [6.45, 7) is 3.58. The summed E-state index contributed by atoms with van der Waals surface area (Å²) < 4.78 is 6.10. The number of carbonyl (C=O) groups excluding carboxylic acids is 1. The highest BCUT2D eigenvalue weighted by molar-refractivity contribution is 14.1. The average Bonchev–Trinajstić information content (AvgIpc) is 2.84. The largest absolute Gasteiger partial charge is 0.447 e. The zero-order chi connectivity index (χ0) is 13.7. The number of nitrogens with zero attached hydrogens (tertiary/aromatic N) is 2. The van der Waals surface area contributed by atoms with Gasteiger partial charge in [-0.1, -0.05) is 34.7 Å². The number of fused-ring (bicyclic) bond motifs is 1. The van der Waals surface area contributed by atoms with Gasteiger partial charge in [-0.2, -0.15) is 0 Å². The lowest BCUT2D eigenvalue weighted by molar-refractivity contribution is 0.181. The zero-order valence-electron chi connectivity index (χ0n) is 11.2. The lowest BCUT2D eigenvalue weighted by Gasteiger charge is -2.19. The molecule has 3 fully saturated rings. The van der Waals surface area contributed by atoms with Gasteiger partial charge in [0.15, 0.2) is 0 Å². The topological polar surface area (TPSA) is 32.8 Å². The molecule has 0 aromatic heterocycles. The van der Waals surface area contributed by atoms with Crippen LogP contribution in [-0.2, 0) is 10.2 Å². The van der Waals surface area contributed by atoms with Crippen molar-refractivity contribution in [1.29, 1.82) is 0 Å². The molecule has 3 aliphatic rings. The third kappa shape index (κ3) is 1.86. The fraction of sp³-hybridized carbons (Fsp3) is 0.533. The summed E-state index contributed by atoms with van der Waals surface area (Å²) in [5.74, 6) is 0.833. The van der Waals surface area contributed by atoms with Crippen LogP contribution in [0.2, 0.25) is 0 Å². The summed E-state index contributed by atoms with van der Waals surface area (Å²) in [7, 11) is 0. The normalized spacial score (nSPS) is 32.4. The molecule has 0 bridgehead atoms. The SMILES string of the molecule is O=C1OCCN1c1ccc([C@@]23CC2CN(CI)C3)cc1. The van der Waals surface area contributed by atoms with Gasteiger partial charge in [0.2, 0.25) is 0 Å². The molecular formula is C15H17IN2O2. The van der Waals surface area contributed by atoms with Crippen molar-refractivity contribution in [2.75, 3.05) is 35.7 Å². The van der Waals surface area contributed by atoms with E-state index in [2.05, 4.69) is 51.8 Å². The monoisotopic (exact) mass is 384 g/mol. The summed E-state index contributed by atoms with van der Waals surface area (Å²) in [6.07, 6.45) is 1.10. The van der Waals surface area contributed by atoms with Gasteiger partial charge in [0.1, 0.15) is 6.61 Å². The first-order chi connectivity index (χ1) is 9.73. The zero-order valence-corrected chi connectivity index (χ0v) is 13.4. The Morgan fingerprint density at radius 2 is 2.15 bits per heavy atom. The molecule has 2 heterocycles. The number of halogens is 1. The number of carbonyl (C=O) groups is 1. The maximum atomic E-state index is 11.6. The van der Waals surface area contributed by atoms with Crippen molar-refractivity contribution in [1.82, 2.24) is 4.90 Å². The van der Waals surface area contributed by atoms with Crippen LogP contribution in [0.15, 0.2) is 24.3 Å². The minimum Gasteiger partial charge on any atom is -0.447 e. The molecule has 2 saturated heterocycles. The standard InChI is InChI=1S/C15H17IN2O2/c16-10-17-8-12-7-15(12,9-17)11-1-3-13(4-2-11)18-5-6-20-14(18)19/h1-4,12H,5-10H2/t12?,15-/m0/s1. The van der Waals surface area contributed by atoms with E-state index in [1.807, 2.05) is 0 Å². The quantitative estimate of drug-likeness (QED) is 0.456. The van der Waals surface area contributed by atoms with E-state index in [0.29, 0.717) is 18.6 Å². The van der Waals surface area contributed by atoms with Crippen molar-refractivity contribution < 1.29 is 9.53 Å². The Bertz CT molecular complexity index is 547. The van der Waals surface area contributed by atoms with E-state index >= 15 is 0 Å². The lowest BCUT2D eigenvalue weighted by atomic mass is 9.95. The number of anilines is 1. The first-order valence-electron chi connectivity index (χ1n) is 7.06. The number of alkyl halides is 1. The van der Waals surface area contributed by atoms with Gasteiger partial charge in [0, 0.05) is 24.2 Å². The average molecular weight is 384 g/mol. The molecule has 0 N–H and O–H groups in total. The van der Waals surface area contributed by atoms with Crippen LogP contribution in [0.25, 0.3) is 0 Å². The number of hydrogen-bond donors (Lipinski definition) is 0. The molecule has 1 unspecified atom stereocenters. The number of rotatable bonds is 3. The summed E-state index contributed by atoms with van der Waals surface area (Å²) >= 11 is 2.45. The molecule has 1 aromatic carbocycles. The van der Waals surface area contributed by atoms with Crippen LogP contribution in [0.4, 0.5) is 10.5 Å². The molecule has 20 heavy (non-hydrogen) atoms. The highest BCUT2D eigenvalue weighted by atomic mass is 127. The van der Waals surface area contributed by atoms with E-state index in [1.54, 1.807) is 4.90 Å². The molecule has 0 radical (unpaired) electrons. The lowest BCUT2D eigenvalue weighted by Crippen LogP contribution is -2.25. The third-order valence-corrected chi connectivity index (χ3v) is 5.86. The van der Waals surface area contributed by atoms with Crippen LogP contribution in [0, 0.1) is 5.92 Å². The molecule has 106 valence electrons.